The van der Waals surface area contributed by atoms with Crippen LogP contribution in [0.25, 0.3) is 0 Å². The van der Waals surface area contributed by atoms with E-state index in [4.69, 9.17) is 0 Å². The molecular formula is C13H24N4O4S. The van der Waals surface area contributed by atoms with Crippen LogP contribution in [0.3, 0.4) is 0 Å². The molecule has 126 valence electrons. The Balaban J connectivity index is 2.17. The number of nitrogens with one attached hydrogen (secondary N) is 1. The van der Waals surface area contributed by atoms with Crippen molar-refractivity contribution in [3.8, 4) is 0 Å². The number of nitrogens with zero attached hydrogens (tertiary/aromatic N) is 3. The Morgan fingerprint density at radius 2 is 1.82 bits per heavy atom. The number of sulfone groups is 1. The van der Waals surface area contributed by atoms with Gasteiger partial charge in [0, 0.05) is 39.8 Å². The molecule has 2 fully saturated rings. The normalized spacial score (nSPS) is 27.3. The van der Waals surface area contributed by atoms with Gasteiger partial charge < -0.3 is 15.1 Å². The number of piperazine rings is 1. The van der Waals surface area contributed by atoms with Gasteiger partial charge in [0.15, 0.2) is 9.84 Å². The fourth-order valence-corrected chi connectivity index (χ4v) is 5.05. The average Bonchev–Trinajstić information content (AvgIpc) is 2.74. The number of rotatable bonds is 3. The van der Waals surface area contributed by atoms with E-state index in [1.807, 2.05) is 11.8 Å². The third-order valence-corrected chi connectivity index (χ3v) is 5.92. The molecule has 3 amide bonds. The molecule has 0 unspecified atom stereocenters. The highest BCUT2D eigenvalue weighted by Crippen LogP contribution is 2.26. The second kappa shape index (κ2) is 6.41. The van der Waals surface area contributed by atoms with Crippen LogP contribution in [0, 0.1) is 0 Å². The number of hydrogen-bond donors (Lipinski definition) is 1. The van der Waals surface area contributed by atoms with Crippen molar-refractivity contribution < 1.29 is 18.0 Å². The van der Waals surface area contributed by atoms with E-state index in [0.717, 1.165) is 0 Å². The smallest absolute Gasteiger partial charge is 0.317 e. The first-order valence-corrected chi connectivity index (χ1v) is 9.26. The monoisotopic (exact) mass is 332 g/mol. The molecule has 0 radical (unpaired) electrons. The number of urea groups is 1. The molecule has 2 rings (SSSR count). The summed E-state index contributed by atoms with van der Waals surface area (Å²) in [4.78, 5) is 29.0. The zero-order valence-corrected chi connectivity index (χ0v) is 14.1. The highest BCUT2D eigenvalue weighted by atomic mass is 32.2. The van der Waals surface area contributed by atoms with Gasteiger partial charge in [-0.2, -0.15) is 0 Å². The molecule has 2 aliphatic rings. The maximum absolute atomic E-state index is 12.1. The minimum Gasteiger partial charge on any atom is -0.348 e. The van der Waals surface area contributed by atoms with Crippen LogP contribution in [0.4, 0.5) is 4.79 Å². The van der Waals surface area contributed by atoms with Crippen LogP contribution in [-0.2, 0) is 14.6 Å². The predicted molar refractivity (Wildman–Crippen MR) is 82.3 cm³/mol. The Hall–Kier alpha value is -1.35. The van der Waals surface area contributed by atoms with Crippen LogP contribution in [0.2, 0.25) is 0 Å². The quantitative estimate of drug-likeness (QED) is 0.686. The van der Waals surface area contributed by atoms with E-state index in [-0.39, 0.29) is 42.1 Å². The molecule has 2 atom stereocenters. The predicted octanol–water partition coefficient (Wildman–Crippen LogP) is -1.41. The first-order valence-electron chi connectivity index (χ1n) is 7.44. The molecule has 0 aliphatic carbocycles. The van der Waals surface area contributed by atoms with Crippen molar-refractivity contribution in [1.29, 1.82) is 0 Å². The van der Waals surface area contributed by atoms with Crippen molar-refractivity contribution in [2.75, 3.05) is 51.8 Å². The van der Waals surface area contributed by atoms with Gasteiger partial charge in [-0.05, 0) is 6.92 Å². The van der Waals surface area contributed by atoms with Crippen LogP contribution < -0.4 is 5.32 Å². The fourth-order valence-electron chi connectivity index (χ4n) is 3.04. The molecule has 0 saturated carbocycles. The molecule has 9 heteroatoms. The van der Waals surface area contributed by atoms with Crippen LogP contribution >= 0.6 is 0 Å². The van der Waals surface area contributed by atoms with Gasteiger partial charge in [-0.25, -0.2) is 13.2 Å². The Bertz CT molecular complexity index is 548. The number of carbonyl (C=O) groups is 2. The molecule has 0 aromatic carbocycles. The minimum atomic E-state index is -3.19. The van der Waals surface area contributed by atoms with Crippen molar-refractivity contribution in [2.45, 2.75) is 19.0 Å². The lowest BCUT2D eigenvalue weighted by molar-refractivity contribution is -0.131. The molecule has 22 heavy (non-hydrogen) atoms. The number of fused-ring (bicyclic) bond motifs is 1. The van der Waals surface area contributed by atoms with Gasteiger partial charge in [0.05, 0.1) is 24.1 Å². The number of hydrogen-bond acceptors (Lipinski definition) is 5. The third kappa shape index (κ3) is 3.52. The van der Waals surface area contributed by atoms with Crippen molar-refractivity contribution in [3.63, 3.8) is 0 Å². The topological polar surface area (TPSA) is 90.0 Å². The van der Waals surface area contributed by atoms with Gasteiger partial charge in [-0.15, -0.1) is 0 Å². The molecule has 8 nitrogen and oxygen atoms in total. The largest absolute Gasteiger partial charge is 0.348 e. The first-order chi connectivity index (χ1) is 10.2. The molecule has 0 bridgehead atoms. The molecule has 0 aromatic heterocycles. The van der Waals surface area contributed by atoms with E-state index in [2.05, 4.69) is 5.32 Å². The highest BCUT2D eigenvalue weighted by molar-refractivity contribution is 7.91. The lowest BCUT2D eigenvalue weighted by atomic mass is 10.1. The van der Waals surface area contributed by atoms with Crippen LogP contribution in [0.5, 0.6) is 0 Å². The molecule has 2 heterocycles. The maximum Gasteiger partial charge on any atom is 0.317 e. The standard InChI is InChI=1S/C13H24N4O4S/c1-4-14-13(19)17-6-5-16(7-12(18)15(2)3)10-8-22(20,21)9-11(10)17/h10-11H,4-9H2,1-3H3,(H,14,19)/t10-,11+/m1/s1. The van der Waals surface area contributed by atoms with Crippen LogP contribution in [-0.4, -0.2) is 98.9 Å². The summed E-state index contributed by atoms with van der Waals surface area (Å²) in [5.41, 5.74) is 0. The zero-order chi connectivity index (χ0) is 16.5. The zero-order valence-electron chi connectivity index (χ0n) is 13.3. The van der Waals surface area contributed by atoms with E-state index in [1.165, 1.54) is 4.90 Å². The fraction of sp³-hybridized carbons (Fsp3) is 0.846. The van der Waals surface area contributed by atoms with Gasteiger partial charge in [-0.1, -0.05) is 0 Å². The average molecular weight is 332 g/mol. The second-order valence-corrected chi connectivity index (χ2v) is 8.15. The van der Waals surface area contributed by atoms with Crippen molar-refractivity contribution >= 4 is 21.8 Å². The van der Waals surface area contributed by atoms with Gasteiger partial charge in [0.25, 0.3) is 0 Å². The Kier molecular flexibility index (Phi) is 4.96. The summed E-state index contributed by atoms with van der Waals surface area (Å²) in [6, 6.07) is -0.904. The molecule has 2 saturated heterocycles. The van der Waals surface area contributed by atoms with Gasteiger partial charge in [0.2, 0.25) is 5.91 Å². The van der Waals surface area contributed by atoms with Crippen LogP contribution in [0.1, 0.15) is 6.92 Å². The Labute approximate surface area is 131 Å². The Morgan fingerprint density at radius 3 is 2.41 bits per heavy atom. The molecule has 0 aromatic rings. The summed E-state index contributed by atoms with van der Waals surface area (Å²) < 4.78 is 24.0. The minimum absolute atomic E-state index is 0.00821. The van der Waals surface area contributed by atoms with Crippen molar-refractivity contribution in [3.05, 3.63) is 0 Å². The summed E-state index contributed by atoms with van der Waals surface area (Å²) >= 11 is 0. The van der Waals surface area contributed by atoms with Crippen LogP contribution in [0.15, 0.2) is 0 Å². The molecule has 2 aliphatic heterocycles. The van der Waals surface area contributed by atoms with E-state index < -0.39 is 9.84 Å². The lowest BCUT2D eigenvalue weighted by Crippen LogP contribution is -2.63. The summed E-state index contributed by atoms with van der Waals surface area (Å²) in [5.74, 6) is -0.0788. The van der Waals surface area contributed by atoms with Gasteiger partial charge in [-0.3, -0.25) is 9.69 Å². The van der Waals surface area contributed by atoms with E-state index in [1.54, 1.807) is 19.0 Å². The van der Waals surface area contributed by atoms with Gasteiger partial charge in [0.1, 0.15) is 0 Å². The van der Waals surface area contributed by atoms with E-state index in [0.29, 0.717) is 19.6 Å². The van der Waals surface area contributed by atoms with E-state index in [9.17, 15) is 18.0 Å². The maximum atomic E-state index is 12.1. The lowest BCUT2D eigenvalue weighted by Gasteiger charge is -2.43. The Morgan fingerprint density at radius 1 is 1.18 bits per heavy atom. The first kappa shape index (κ1) is 17.0. The van der Waals surface area contributed by atoms with Crippen molar-refractivity contribution in [1.82, 2.24) is 20.0 Å². The van der Waals surface area contributed by atoms with Gasteiger partial charge >= 0.3 is 6.03 Å². The summed E-state index contributed by atoms with van der Waals surface area (Å²) in [5, 5.41) is 2.73. The molecular weight excluding hydrogens is 308 g/mol. The summed E-state index contributed by atoms with van der Waals surface area (Å²) in [7, 11) is 0.166. The summed E-state index contributed by atoms with van der Waals surface area (Å²) in [6.45, 7) is 3.46. The highest BCUT2D eigenvalue weighted by Gasteiger charge is 2.48. The summed E-state index contributed by atoms with van der Waals surface area (Å²) in [6.07, 6.45) is 0. The number of likely N-dealkylation sites (N-methyl/N-ethyl adjacent to an activating group) is 1. The van der Waals surface area contributed by atoms with Crippen molar-refractivity contribution in [2.24, 2.45) is 0 Å². The molecule has 0 spiro atoms. The van der Waals surface area contributed by atoms with E-state index >= 15 is 0 Å². The SMILES string of the molecule is CCNC(=O)N1CCN(CC(=O)N(C)C)[C@@H]2CS(=O)(=O)C[C@@H]21. The number of amides is 3. The second-order valence-electron chi connectivity index (χ2n) is 6.00. The third-order valence-electron chi connectivity index (χ3n) is 4.22. The molecule has 1 N–H and O–H groups in total. The number of carbonyl (C=O) groups excluding carboxylic acids is 2.